The highest BCUT2D eigenvalue weighted by molar-refractivity contribution is 7.14. The van der Waals surface area contributed by atoms with E-state index in [0.29, 0.717) is 6.61 Å². The van der Waals surface area contributed by atoms with Crippen LogP contribution in [0.3, 0.4) is 0 Å². The maximum absolute atomic E-state index is 5.68. The first-order valence-electron chi connectivity index (χ1n) is 8.70. The number of fused-ring (bicyclic) bond motifs is 1. The fourth-order valence-electron chi connectivity index (χ4n) is 2.69. The van der Waals surface area contributed by atoms with E-state index in [9.17, 15) is 0 Å². The first kappa shape index (κ1) is 17.2. The van der Waals surface area contributed by atoms with E-state index in [1.807, 2.05) is 42.6 Å². The number of rotatable bonds is 6. The van der Waals surface area contributed by atoms with Crippen LogP contribution in [-0.2, 0) is 0 Å². The molecule has 0 spiro atoms. The van der Waals surface area contributed by atoms with Gasteiger partial charge >= 0.3 is 0 Å². The normalized spacial score (nSPS) is 11.5. The number of thiazole rings is 1. The fraction of sp³-hybridized carbons (Fsp3) is 0.0909. The Bertz CT molecular complexity index is 1070. The van der Waals surface area contributed by atoms with Crippen molar-refractivity contribution in [2.75, 3.05) is 12.0 Å². The van der Waals surface area contributed by atoms with Gasteiger partial charge in [0.1, 0.15) is 12.4 Å². The Labute approximate surface area is 162 Å². The molecule has 27 heavy (non-hydrogen) atoms. The molecule has 4 rings (SSSR count). The summed E-state index contributed by atoms with van der Waals surface area (Å²) in [7, 11) is 0. The molecule has 1 heterocycles. The van der Waals surface area contributed by atoms with Gasteiger partial charge in [-0.3, -0.25) is 5.43 Å². The summed E-state index contributed by atoms with van der Waals surface area (Å²) in [6, 6.07) is 24.4. The van der Waals surface area contributed by atoms with Crippen molar-refractivity contribution in [2.45, 2.75) is 6.92 Å². The molecule has 0 fully saturated rings. The Morgan fingerprint density at radius 1 is 1.00 bits per heavy atom. The number of para-hydroxylation sites is 1. The van der Waals surface area contributed by atoms with E-state index in [0.717, 1.165) is 27.9 Å². The van der Waals surface area contributed by atoms with Crippen molar-refractivity contribution in [1.82, 2.24) is 4.98 Å². The van der Waals surface area contributed by atoms with Crippen LogP contribution >= 0.6 is 11.3 Å². The van der Waals surface area contributed by atoms with E-state index < -0.39 is 0 Å². The summed E-state index contributed by atoms with van der Waals surface area (Å²) in [6.07, 6.45) is 0. The summed E-state index contributed by atoms with van der Waals surface area (Å²) in [5.74, 6) is 0.833. The van der Waals surface area contributed by atoms with Crippen molar-refractivity contribution >= 4 is 33.0 Å². The standard InChI is InChI=1S/C22H19N3OS/c1-16(14-26-20-9-3-2-4-10-20)24-25-22-23-21(15-27-22)19-12-11-17-7-5-6-8-18(17)13-19/h2-13,15H,14H2,1H3,(H,23,25)/b24-16+. The maximum atomic E-state index is 5.68. The molecule has 0 atom stereocenters. The molecule has 0 aliphatic rings. The van der Waals surface area contributed by atoms with Crippen molar-refractivity contribution in [2.24, 2.45) is 5.10 Å². The third-order valence-electron chi connectivity index (χ3n) is 4.08. The lowest BCUT2D eigenvalue weighted by molar-refractivity contribution is 0.376. The Morgan fingerprint density at radius 2 is 1.78 bits per heavy atom. The second-order valence-corrected chi connectivity index (χ2v) is 7.02. The number of aromatic nitrogens is 1. The summed E-state index contributed by atoms with van der Waals surface area (Å²) in [5, 5.41) is 9.60. The zero-order chi connectivity index (χ0) is 18.5. The van der Waals surface area contributed by atoms with Crippen molar-refractivity contribution in [1.29, 1.82) is 0 Å². The van der Waals surface area contributed by atoms with Crippen molar-refractivity contribution in [3.63, 3.8) is 0 Å². The van der Waals surface area contributed by atoms with E-state index in [1.54, 1.807) is 0 Å². The van der Waals surface area contributed by atoms with Crippen LogP contribution in [0.4, 0.5) is 5.13 Å². The van der Waals surface area contributed by atoms with Gasteiger partial charge in [-0.05, 0) is 35.9 Å². The van der Waals surface area contributed by atoms with Crippen molar-refractivity contribution in [3.8, 4) is 17.0 Å². The molecular weight excluding hydrogens is 354 g/mol. The Kier molecular flexibility index (Phi) is 5.12. The zero-order valence-corrected chi connectivity index (χ0v) is 15.7. The van der Waals surface area contributed by atoms with Gasteiger partial charge in [0, 0.05) is 10.9 Å². The van der Waals surface area contributed by atoms with Crippen LogP contribution < -0.4 is 10.2 Å². The quantitative estimate of drug-likeness (QED) is 0.342. The first-order chi connectivity index (χ1) is 13.3. The molecule has 5 heteroatoms. The molecule has 0 aliphatic carbocycles. The van der Waals surface area contributed by atoms with Gasteiger partial charge in [-0.2, -0.15) is 5.10 Å². The van der Waals surface area contributed by atoms with E-state index >= 15 is 0 Å². The molecule has 0 saturated carbocycles. The minimum absolute atomic E-state index is 0.430. The number of anilines is 1. The predicted molar refractivity (Wildman–Crippen MR) is 114 cm³/mol. The van der Waals surface area contributed by atoms with Gasteiger partial charge < -0.3 is 4.74 Å². The number of benzene rings is 3. The van der Waals surface area contributed by atoms with Crippen LogP contribution in [0.1, 0.15) is 6.92 Å². The van der Waals surface area contributed by atoms with E-state index in [4.69, 9.17) is 4.74 Å². The number of hydrogen-bond acceptors (Lipinski definition) is 5. The summed E-state index contributed by atoms with van der Waals surface area (Å²) in [4.78, 5) is 4.64. The second kappa shape index (κ2) is 8.01. The molecule has 1 N–H and O–H groups in total. The third-order valence-corrected chi connectivity index (χ3v) is 4.83. The third kappa shape index (κ3) is 4.33. The Hall–Kier alpha value is -3.18. The number of nitrogens with one attached hydrogen (secondary N) is 1. The molecule has 1 aromatic heterocycles. The van der Waals surface area contributed by atoms with Gasteiger partial charge in [0.2, 0.25) is 5.13 Å². The minimum Gasteiger partial charge on any atom is -0.488 e. The summed E-state index contributed by atoms with van der Waals surface area (Å²) in [6.45, 7) is 2.35. The fourth-order valence-corrected chi connectivity index (χ4v) is 3.35. The van der Waals surface area contributed by atoms with E-state index in [2.05, 4.69) is 58.0 Å². The summed E-state index contributed by atoms with van der Waals surface area (Å²) in [5.41, 5.74) is 5.92. The van der Waals surface area contributed by atoms with E-state index in [-0.39, 0.29) is 0 Å². The molecule has 0 radical (unpaired) electrons. The predicted octanol–water partition coefficient (Wildman–Crippen LogP) is 5.83. The number of nitrogens with zero attached hydrogens (tertiary/aromatic N) is 2. The Balaban J connectivity index is 1.41. The van der Waals surface area contributed by atoms with Gasteiger partial charge in [-0.15, -0.1) is 11.3 Å². The maximum Gasteiger partial charge on any atom is 0.203 e. The molecule has 0 bridgehead atoms. The number of hydrazone groups is 1. The molecule has 0 saturated heterocycles. The average Bonchev–Trinajstić information content (AvgIpc) is 3.20. The molecule has 0 aliphatic heterocycles. The molecule has 4 aromatic rings. The van der Waals surface area contributed by atoms with Crippen LogP contribution in [0.15, 0.2) is 83.3 Å². The first-order valence-corrected chi connectivity index (χ1v) is 9.58. The van der Waals surface area contributed by atoms with Crippen LogP contribution in [0.25, 0.3) is 22.0 Å². The van der Waals surface area contributed by atoms with Crippen LogP contribution in [0, 0.1) is 0 Å². The monoisotopic (exact) mass is 373 g/mol. The topological polar surface area (TPSA) is 46.5 Å². The van der Waals surface area contributed by atoms with Gasteiger partial charge in [0.15, 0.2) is 0 Å². The molecule has 134 valence electrons. The lowest BCUT2D eigenvalue weighted by atomic mass is 10.1. The lowest BCUT2D eigenvalue weighted by Crippen LogP contribution is -2.09. The summed E-state index contributed by atoms with van der Waals surface area (Å²) >= 11 is 1.54. The molecule has 3 aromatic carbocycles. The van der Waals surface area contributed by atoms with Gasteiger partial charge in [0.05, 0.1) is 11.4 Å². The smallest absolute Gasteiger partial charge is 0.203 e. The van der Waals surface area contributed by atoms with Crippen molar-refractivity contribution in [3.05, 3.63) is 78.2 Å². The van der Waals surface area contributed by atoms with Crippen molar-refractivity contribution < 1.29 is 4.74 Å². The van der Waals surface area contributed by atoms with Gasteiger partial charge in [0.25, 0.3) is 0 Å². The van der Waals surface area contributed by atoms with E-state index in [1.165, 1.54) is 22.1 Å². The van der Waals surface area contributed by atoms with Crippen LogP contribution in [0.5, 0.6) is 5.75 Å². The van der Waals surface area contributed by atoms with Crippen LogP contribution in [0.2, 0.25) is 0 Å². The largest absolute Gasteiger partial charge is 0.488 e. The second-order valence-electron chi connectivity index (χ2n) is 6.16. The highest BCUT2D eigenvalue weighted by Gasteiger charge is 2.05. The van der Waals surface area contributed by atoms with Gasteiger partial charge in [-0.1, -0.05) is 54.6 Å². The van der Waals surface area contributed by atoms with Gasteiger partial charge in [-0.25, -0.2) is 4.98 Å². The highest BCUT2D eigenvalue weighted by atomic mass is 32.1. The average molecular weight is 373 g/mol. The molecule has 4 nitrogen and oxygen atoms in total. The zero-order valence-electron chi connectivity index (χ0n) is 14.9. The Morgan fingerprint density at radius 3 is 2.63 bits per heavy atom. The number of hydrogen-bond donors (Lipinski definition) is 1. The van der Waals surface area contributed by atoms with Crippen LogP contribution in [-0.4, -0.2) is 17.3 Å². The molecule has 0 amide bonds. The molecular formula is C22H19N3OS. The lowest BCUT2D eigenvalue weighted by Gasteiger charge is -2.05. The highest BCUT2D eigenvalue weighted by Crippen LogP contribution is 2.27. The SMILES string of the molecule is C/C(COc1ccccc1)=N\Nc1nc(-c2ccc3ccccc3c2)cs1. The summed E-state index contributed by atoms with van der Waals surface area (Å²) < 4.78 is 5.68. The minimum atomic E-state index is 0.430. The molecule has 0 unspecified atom stereocenters. The number of ether oxygens (including phenoxy) is 1.